The molecule has 104 valence electrons. The van der Waals surface area contributed by atoms with Crippen molar-refractivity contribution in [2.75, 3.05) is 0 Å². The van der Waals surface area contributed by atoms with Crippen molar-refractivity contribution in [1.29, 1.82) is 0 Å². The van der Waals surface area contributed by atoms with E-state index in [0.29, 0.717) is 11.5 Å². The average Bonchev–Trinajstić information content (AvgIpc) is 2.87. The van der Waals surface area contributed by atoms with Crippen LogP contribution < -0.4 is 0 Å². The van der Waals surface area contributed by atoms with Crippen LogP contribution in [-0.4, -0.2) is 31.1 Å². The number of carboxylic acids is 1. The molecule has 3 aromatic rings. The van der Waals surface area contributed by atoms with Crippen LogP contribution in [0.3, 0.4) is 0 Å². The van der Waals surface area contributed by atoms with Crippen LogP contribution in [0.1, 0.15) is 10.5 Å². The minimum atomic E-state index is -1.19. The fourth-order valence-corrected chi connectivity index (χ4v) is 2.26. The fraction of sp³-hybridized carbons (Fsp3) is 0. The number of aromatic nitrogens is 4. The molecule has 0 radical (unpaired) electrons. The average molecular weight is 301 g/mol. The molecular weight excluding hydrogens is 292 g/mol. The van der Waals surface area contributed by atoms with Crippen LogP contribution in [-0.2, 0) is 0 Å². The molecule has 0 saturated heterocycles. The molecule has 0 unspecified atom stereocenters. The topological polar surface area (TPSA) is 80.9 Å². The lowest BCUT2D eigenvalue weighted by Gasteiger charge is -2.06. The number of rotatable bonds is 3. The second kappa shape index (κ2) is 5.34. The van der Waals surface area contributed by atoms with Gasteiger partial charge in [0.2, 0.25) is 0 Å². The van der Waals surface area contributed by atoms with Crippen LogP contribution in [0.5, 0.6) is 0 Å². The third kappa shape index (κ3) is 2.36. The smallest absolute Gasteiger partial charge is 0.358 e. The summed E-state index contributed by atoms with van der Waals surface area (Å²) in [5.41, 5.74) is 0.990. The highest BCUT2D eigenvalue weighted by Crippen LogP contribution is 2.32. The van der Waals surface area contributed by atoms with Crippen LogP contribution in [0.4, 0.5) is 0 Å². The van der Waals surface area contributed by atoms with Gasteiger partial charge in [-0.25, -0.2) is 9.48 Å². The summed E-state index contributed by atoms with van der Waals surface area (Å²) in [6, 6.07) is 12.5. The Labute approximate surface area is 124 Å². The standard InChI is InChI=1S/C14H9ClN4O2/c15-11-12(14(20)21)18-19(10-7-4-8-16-17-10)13(11)9-5-2-1-3-6-9/h1-8H,(H,20,21). The van der Waals surface area contributed by atoms with Gasteiger partial charge in [-0.2, -0.15) is 10.2 Å². The van der Waals surface area contributed by atoms with E-state index in [1.54, 1.807) is 12.1 Å². The van der Waals surface area contributed by atoms with Crippen molar-refractivity contribution < 1.29 is 9.90 Å². The van der Waals surface area contributed by atoms with Gasteiger partial charge < -0.3 is 5.11 Å². The zero-order chi connectivity index (χ0) is 14.8. The molecule has 0 amide bonds. The Balaban J connectivity index is 2.29. The molecule has 6 nitrogen and oxygen atoms in total. The number of hydrogen-bond donors (Lipinski definition) is 1. The molecule has 3 rings (SSSR count). The maximum atomic E-state index is 11.3. The van der Waals surface area contributed by atoms with Gasteiger partial charge >= 0.3 is 5.97 Å². The van der Waals surface area contributed by atoms with Crippen molar-refractivity contribution >= 4 is 17.6 Å². The summed E-state index contributed by atoms with van der Waals surface area (Å²) in [7, 11) is 0. The van der Waals surface area contributed by atoms with Crippen LogP contribution in [0.25, 0.3) is 17.1 Å². The van der Waals surface area contributed by atoms with Crippen molar-refractivity contribution in [2.45, 2.75) is 0 Å². The van der Waals surface area contributed by atoms with Gasteiger partial charge in [-0.1, -0.05) is 41.9 Å². The summed E-state index contributed by atoms with van der Waals surface area (Å²) in [4.78, 5) is 11.3. The maximum absolute atomic E-state index is 11.3. The van der Waals surface area contributed by atoms with Crippen molar-refractivity contribution in [3.63, 3.8) is 0 Å². The van der Waals surface area contributed by atoms with Crippen molar-refractivity contribution in [3.8, 4) is 17.1 Å². The van der Waals surface area contributed by atoms with E-state index in [0.717, 1.165) is 5.56 Å². The first kappa shape index (κ1) is 13.3. The molecule has 0 spiro atoms. The largest absolute Gasteiger partial charge is 0.476 e. The number of carboxylic acid groups (broad SMARTS) is 1. The Morgan fingerprint density at radius 1 is 1.14 bits per heavy atom. The Morgan fingerprint density at radius 2 is 1.90 bits per heavy atom. The van der Waals surface area contributed by atoms with Gasteiger partial charge in [0.15, 0.2) is 11.5 Å². The Bertz CT molecular complexity index is 787. The quantitative estimate of drug-likeness (QED) is 0.804. The van der Waals surface area contributed by atoms with Crippen molar-refractivity contribution in [2.24, 2.45) is 0 Å². The zero-order valence-corrected chi connectivity index (χ0v) is 11.4. The van der Waals surface area contributed by atoms with E-state index in [-0.39, 0.29) is 10.7 Å². The van der Waals surface area contributed by atoms with Crippen molar-refractivity contribution in [1.82, 2.24) is 20.0 Å². The van der Waals surface area contributed by atoms with E-state index in [4.69, 9.17) is 11.6 Å². The molecule has 7 heteroatoms. The first-order valence-electron chi connectivity index (χ1n) is 6.04. The van der Waals surface area contributed by atoms with E-state index in [1.807, 2.05) is 30.3 Å². The summed E-state index contributed by atoms with van der Waals surface area (Å²) < 4.78 is 1.38. The number of aromatic carboxylic acids is 1. The highest BCUT2D eigenvalue weighted by Gasteiger charge is 2.23. The monoisotopic (exact) mass is 300 g/mol. The second-order valence-electron chi connectivity index (χ2n) is 4.18. The molecule has 2 aromatic heterocycles. The Morgan fingerprint density at radius 3 is 2.52 bits per heavy atom. The minimum Gasteiger partial charge on any atom is -0.476 e. The van der Waals surface area contributed by atoms with E-state index >= 15 is 0 Å². The summed E-state index contributed by atoms with van der Waals surface area (Å²) in [5, 5.41) is 21.0. The normalized spacial score (nSPS) is 10.5. The second-order valence-corrected chi connectivity index (χ2v) is 4.55. The highest BCUT2D eigenvalue weighted by molar-refractivity contribution is 6.35. The Kier molecular flexibility index (Phi) is 3.37. The summed E-state index contributed by atoms with van der Waals surface area (Å²) in [6.45, 7) is 0. The SMILES string of the molecule is O=C(O)c1nn(-c2cccnn2)c(-c2ccccc2)c1Cl. The molecule has 0 aliphatic carbocycles. The molecule has 0 bridgehead atoms. The molecule has 2 heterocycles. The zero-order valence-electron chi connectivity index (χ0n) is 10.6. The molecule has 0 aliphatic heterocycles. The predicted molar refractivity (Wildman–Crippen MR) is 76.6 cm³/mol. The van der Waals surface area contributed by atoms with Crippen molar-refractivity contribution in [3.05, 3.63) is 59.4 Å². The van der Waals surface area contributed by atoms with Gasteiger partial charge in [-0.3, -0.25) is 0 Å². The number of halogens is 1. The molecule has 0 saturated carbocycles. The van der Waals surface area contributed by atoms with Gasteiger partial charge in [-0.05, 0) is 12.1 Å². The molecule has 0 atom stereocenters. The molecule has 0 fully saturated rings. The first-order chi connectivity index (χ1) is 10.2. The van der Waals surface area contributed by atoms with Crippen LogP contribution in [0.2, 0.25) is 5.02 Å². The number of benzene rings is 1. The molecule has 0 aliphatic rings. The van der Waals surface area contributed by atoms with Gasteiger partial charge in [0.25, 0.3) is 0 Å². The molecule has 21 heavy (non-hydrogen) atoms. The summed E-state index contributed by atoms with van der Waals surface area (Å²) in [6.07, 6.45) is 1.52. The lowest BCUT2D eigenvalue weighted by atomic mass is 10.1. The van der Waals surface area contributed by atoms with Crippen LogP contribution >= 0.6 is 11.6 Å². The van der Waals surface area contributed by atoms with Gasteiger partial charge in [0.05, 0.1) is 5.69 Å². The number of nitrogens with zero attached hydrogens (tertiary/aromatic N) is 4. The lowest BCUT2D eigenvalue weighted by molar-refractivity contribution is 0.0690. The summed E-state index contributed by atoms with van der Waals surface area (Å²) >= 11 is 6.20. The Hall–Kier alpha value is -2.73. The predicted octanol–water partition coefficient (Wildman–Crippen LogP) is 2.68. The van der Waals surface area contributed by atoms with Gasteiger partial charge in [0, 0.05) is 11.8 Å². The first-order valence-corrected chi connectivity index (χ1v) is 6.41. The molecule has 1 N–H and O–H groups in total. The van der Waals surface area contributed by atoms with Gasteiger partial charge in [-0.15, -0.1) is 5.10 Å². The maximum Gasteiger partial charge on any atom is 0.358 e. The van der Waals surface area contributed by atoms with Crippen LogP contribution in [0, 0.1) is 0 Å². The van der Waals surface area contributed by atoms with E-state index in [2.05, 4.69) is 15.3 Å². The highest BCUT2D eigenvalue weighted by atomic mass is 35.5. The third-order valence-corrected chi connectivity index (χ3v) is 3.21. The fourth-order valence-electron chi connectivity index (χ4n) is 1.95. The van der Waals surface area contributed by atoms with E-state index in [1.165, 1.54) is 10.9 Å². The van der Waals surface area contributed by atoms with E-state index < -0.39 is 5.97 Å². The van der Waals surface area contributed by atoms with Gasteiger partial charge in [0.1, 0.15) is 5.02 Å². The minimum absolute atomic E-state index is 0.0688. The molecule has 1 aromatic carbocycles. The summed E-state index contributed by atoms with van der Waals surface area (Å²) in [5.74, 6) is -0.800. The van der Waals surface area contributed by atoms with E-state index in [9.17, 15) is 9.90 Å². The number of hydrogen-bond acceptors (Lipinski definition) is 4. The molecular formula is C14H9ClN4O2. The van der Waals surface area contributed by atoms with Crippen LogP contribution in [0.15, 0.2) is 48.7 Å². The third-order valence-electron chi connectivity index (χ3n) is 2.85. The number of carbonyl (C=O) groups is 1. The lowest BCUT2D eigenvalue weighted by Crippen LogP contribution is -2.04.